The van der Waals surface area contributed by atoms with Crippen LogP contribution >= 0.6 is 0 Å². The molecule has 2 fully saturated rings. The number of nitrogens with one attached hydrogen (secondary N) is 1. The van der Waals surface area contributed by atoms with Gasteiger partial charge in [0.15, 0.2) is 0 Å². The van der Waals surface area contributed by atoms with Crippen molar-refractivity contribution in [3.63, 3.8) is 0 Å². The van der Waals surface area contributed by atoms with Gasteiger partial charge in [-0.1, -0.05) is 32.6 Å². The van der Waals surface area contributed by atoms with Crippen molar-refractivity contribution in [2.75, 3.05) is 19.6 Å². The number of hydrogen-bond donors (Lipinski definition) is 1. The molecule has 1 heterocycles. The predicted molar refractivity (Wildman–Crippen MR) is 88.1 cm³/mol. The molecule has 1 saturated carbocycles. The molecular weight excluding hydrogens is 244 g/mol. The largest absolute Gasteiger partial charge is 0.311 e. The lowest BCUT2D eigenvalue weighted by atomic mass is 9.87. The van der Waals surface area contributed by atoms with Crippen LogP contribution in [0.25, 0.3) is 0 Å². The van der Waals surface area contributed by atoms with Crippen LogP contribution in [0.3, 0.4) is 0 Å². The van der Waals surface area contributed by atoms with Crippen molar-refractivity contribution in [3.8, 4) is 0 Å². The Morgan fingerprint density at radius 3 is 1.85 bits per heavy atom. The molecule has 1 aliphatic carbocycles. The van der Waals surface area contributed by atoms with Crippen LogP contribution in [0.5, 0.6) is 0 Å². The number of likely N-dealkylation sites (tertiary alicyclic amines) is 1. The molecule has 1 saturated heterocycles. The molecule has 2 rings (SSSR count). The molecule has 118 valence electrons. The highest BCUT2D eigenvalue weighted by molar-refractivity contribution is 4.83. The zero-order valence-electron chi connectivity index (χ0n) is 14.0. The van der Waals surface area contributed by atoms with Crippen molar-refractivity contribution < 1.29 is 0 Å². The predicted octanol–water partition coefficient (Wildman–Crippen LogP) is 4.06. The van der Waals surface area contributed by atoms with Gasteiger partial charge in [0, 0.05) is 12.1 Å². The van der Waals surface area contributed by atoms with E-state index in [9.17, 15) is 0 Å². The zero-order valence-corrected chi connectivity index (χ0v) is 14.0. The smallest absolute Gasteiger partial charge is 0.00705 e. The third-order valence-electron chi connectivity index (χ3n) is 5.92. The van der Waals surface area contributed by atoms with E-state index < -0.39 is 0 Å². The van der Waals surface area contributed by atoms with E-state index in [0.717, 1.165) is 11.8 Å². The first-order valence-corrected chi connectivity index (χ1v) is 9.19. The maximum absolute atomic E-state index is 3.96. The van der Waals surface area contributed by atoms with Gasteiger partial charge in [-0.25, -0.2) is 0 Å². The highest BCUT2D eigenvalue weighted by atomic mass is 15.1. The Morgan fingerprint density at radius 2 is 1.35 bits per heavy atom. The topological polar surface area (TPSA) is 15.3 Å². The first kappa shape index (κ1) is 16.3. The van der Waals surface area contributed by atoms with Crippen molar-refractivity contribution in [1.29, 1.82) is 0 Å². The van der Waals surface area contributed by atoms with Crippen LogP contribution in [0.15, 0.2) is 0 Å². The van der Waals surface area contributed by atoms with Crippen LogP contribution in [0.4, 0.5) is 0 Å². The first-order valence-electron chi connectivity index (χ1n) is 9.19. The summed E-state index contributed by atoms with van der Waals surface area (Å²) in [6.45, 7) is 11.0. The Bertz CT molecular complexity index is 250. The Labute approximate surface area is 126 Å². The van der Waals surface area contributed by atoms with E-state index in [1.165, 1.54) is 71.0 Å². The van der Waals surface area contributed by atoms with Gasteiger partial charge in [-0.05, 0) is 71.0 Å². The Morgan fingerprint density at radius 1 is 0.850 bits per heavy atom. The van der Waals surface area contributed by atoms with Crippen LogP contribution in [-0.2, 0) is 0 Å². The average Bonchev–Trinajstić information content (AvgIpc) is 2.76. The van der Waals surface area contributed by atoms with Crippen LogP contribution < -0.4 is 5.32 Å². The maximum Gasteiger partial charge on any atom is 0.00705 e. The number of rotatable bonds is 5. The summed E-state index contributed by atoms with van der Waals surface area (Å²) in [6, 6.07) is 1.42. The zero-order chi connectivity index (χ0) is 14.4. The summed E-state index contributed by atoms with van der Waals surface area (Å²) in [5, 5.41) is 3.96. The second kappa shape index (κ2) is 8.38. The molecule has 0 amide bonds. The van der Waals surface area contributed by atoms with Crippen molar-refractivity contribution >= 4 is 0 Å². The molecule has 1 N–H and O–H groups in total. The minimum Gasteiger partial charge on any atom is -0.311 e. The summed E-state index contributed by atoms with van der Waals surface area (Å²) < 4.78 is 0. The standard InChI is InChI=1S/C18H36N2/c1-4-20-13-11-18(12-14-20)16(3)19-15(2)17-9-7-5-6-8-10-17/h15-19H,4-14H2,1-3H3/t15-,16?/m1/s1. The van der Waals surface area contributed by atoms with E-state index in [0.29, 0.717) is 12.1 Å². The van der Waals surface area contributed by atoms with E-state index in [1.807, 2.05) is 0 Å². The van der Waals surface area contributed by atoms with Crippen LogP contribution in [-0.4, -0.2) is 36.6 Å². The Kier molecular flexibility index (Phi) is 6.83. The molecule has 0 bridgehead atoms. The molecule has 0 aromatic heterocycles. The molecule has 2 nitrogen and oxygen atoms in total. The van der Waals surface area contributed by atoms with Crippen molar-refractivity contribution in [2.45, 2.75) is 84.2 Å². The summed E-state index contributed by atoms with van der Waals surface area (Å²) in [6.07, 6.45) is 11.5. The third-order valence-corrected chi connectivity index (χ3v) is 5.92. The molecule has 2 atom stereocenters. The van der Waals surface area contributed by atoms with Crippen LogP contribution in [0.1, 0.15) is 72.1 Å². The van der Waals surface area contributed by atoms with E-state index >= 15 is 0 Å². The van der Waals surface area contributed by atoms with Gasteiger partial charge in [-0.3, -0.25) is 0 Å². The van der Waals surface area contributed by atoms with Crippen molar-refractivity contribution in [3.05, 3.63) is 0 Å². The van der Waals surface area contributed by atoms with Gasteiger partial charge in [0.05, 0.1) is 0 Å². The first-order chi connectivity index (χ1) is 9.70. The van der Waals surface area contributed by atoms with Gasteiger partial charge in [0.2, 0.25) is 0 Å². The highest BCUT2D eigenvalue weighted by Gasteiger charge is 2.26. The lowest BCUT2D eigenvalue weighted by molar-refractivity contribution is 0.158. The van der Waals surface area contributed by atoms with Gasteiger partial charge in [0.25, 0.3) is 0 Å². The fourth-order valence-corrected chi connectivity index (χ4v) is 4.27. The normalized spacial score (nSPS) is 27.1. The fraction of sp³-hybridized carbons (Fsp3) is 1.00. The lowest BCUT2D eigenvalue weighted by Gasteiger charge is -2.37. The average molecular weight is 280 g/mol. The molecule has 20 heavy (non-hydrogen) atoms. The highest BCUT2D eigenvalue weighted by Crippen LogP contribution is 2.27. The fourth-order valence-electron chi connectivity index (χ4n) is 4.27. The second-order valence-corrected chi connectivity index (χ2v) is 7.27. The Balaban J connectivity index is 1.74. The SMILES string of the molecule is CCN1CCC(C(C)N[C@H](C)C2CCCCCC2)CC1. The van der Waals surface area contributed by atoms with Crippen molar-refractivity contribution in [2.24, 2.45) is 11.8 Å². The Hall–Kier alpha value is -0.0800. The molecule has 0 aromatic rings. The molecule has 0 aromatic carbocycles. The van der Waals surface area contributed by atoms with E-state index in [1.54, 1.807) is 0 Å². The summed E-state index contributed by atoms with van der Waals surface area (Å²) in [4.78, 5) is 2.60. The molecular formula is C18H36N2. The van der Waals surface area contributed by atoms with Gasteiger partial charge in [-0.15, -0.1) is 0 Å². The summed E-state index contributed by atoms with van der Waals surface area (Å²) in [5.41, 5.74) is 0. The van der Waals surface area contributed by atoms with Crippen LogP contribution in [0, 0.1) is 11.8 Å². The number of piperidine rings is 1. The van der Waals surface area contributed by atoms with Gasteiger partial charge in [0.1, 0.15) is 0 Å². The molecule has 2 heteroatoms. The molecule has 2 aliphatic rings. The summed E-state index contributed by atoms with van der Waals surface area (Å²) in [5.74, 6) is 1.82. The monoisotopic (exact) mass is 280 g/mol. The van der Waals surface area contributed by atoms with Crippen LogP contribution in [0.2, 0.25) is 0 Å². The number of nitrogens with zero attached hydrogens (tertiary/aromatic N) is 1. The van der Waals surface area contributed by atoms with E-state index in [-0.39, 0.29) is 0 Å². The number of hydrogen-bond acceptors (Lipinski definition) is 2. The molecule has 1 aliphatic heterocycles. The van der Waals surface area contributed by atoms with E-state index in [2.05, 4.69) is 31.0 Å². The minimum absolute atomic E-state index is 0.701. The third kappa shape index (κ3) is 4.73. The summed E-state index contributed by atoms with van der Waals surface area (Å²) >= 11 is 0. The second-order valence-electron chi connectivity index (χ2n) is 7.27. The summed E-state index contributed by atoms with van der Waals surface area (Å²) in [7, 11) is 0. The molecule has 0 spiro atoms. The quantitative estimate of drug-likeness (QED) is 0.764. The van der Waals surface area contributed by atoms with Crippen molar-refractivity contribution in [1.82, 2.24) is 10.2 Å². The van der Waals surface area contributed by atoms with Gasteiger partial charge in [-0.2, -0.15) is 0 Å². The maximum atomic E-state index is 3.96. The lowest BCUT2D eigenvalue weighted by Crippen LogP contribution is -2.46. The van der Waals surface area contributed by atoms with E-state index in [4.69, 9.17) is 0 Å². The minimum atomic E-state index is 0.701. The van der Waals surface area contributed by atoms with Gasteiger partial charge >= 0.3 is 0 Å². The molecule has 1 unspecified atom stereocenters. The molecule has 0 radical (unpaired) electrons. The van der Waals surface area contributed by atoms with Gasteiger partial charge < -0.3 is 10.2 Å².